The van der Waals surface area contributed by atoms with Crippen LogP contribution in [0.25, 0.3) is 11.3 Å². The van der Waals surface area contributed by atoms with Crippen LogP contribution in [-0.2, 0) is 17.8 Å². The third kappa shape index (κ3) is 4.56. The van der Waals surface area contributed by atoms with Crippen molar-refractivity contribution in [3.05, 3.63) is 50.7 Å². The van der Waals surface area contributed by atoms with Crippen LogP contribution in [0.4, 0.5) is 0 Å². The molecule has 2 N–H and O–H groups in total. The smallest absolute Gasteiger partial charge is 0.303 e. The SMILES string of the molecule is CCC1Cc2cc(OCCCO)c(O)cc2-c2cc(=O)c(CN3CCCC3C(=O)N=O)cn21. The number of aliphatic hydroxyl groups excluding tert-OH is 1. The lowest BCUT2D eigenvalue weighted by Gasteiger charge is -2.31. The van der Waals surface area contributed by atoms with E-state index in [9.17, 15) is 19.6 Å². The Morgan fingerprint density at radius 1 is 1.30 bits per heavy atom. The van der Waals surface area contributed by atoms with E-state index in [2.05, 4.69) is 16.7 Å². The fourth-order valence-electron chi connectivity index (χ4n) is 4.88. The van der Waals surface area contributed by atoms with Crippen LogP contribution < -0.4 is 10.2 Å². The van der Waals surface area contributed by atoms with Gasteiger partial charge in [0, 0.05) is 54.2 Å². The van der Waals surface area contributed by atoms with Gasteiger partial charge in [-0.05, 0) is 49.9 Å². The standard InChI is InChI=1S/C24H29N3O6/c1-2-17-9-15-10-23(33-8-4-7-28)22(30)11-18(15)20-12-21(29)16(14-27(17)20)13-26-6-3-5-19(26)24(31)25-32/h10-12,14,17,19,28,30H,2-9,13H2,1H3. The number of benzene rings is 1. The summed E-state index contributed by atoms with van der Waals surface area (Å²) in [6, 6.07) is 4.60. The number of carbonyl (C=O) groups excluding carboxylic acids is 1. The number of nitroso groups, excluding NO2 is 1. The Labute approximate surface area is 191 Å². The van der Waals surface area contributed by atoms with Crippen molar-refractivity contribution in [2.24, 2.45) is 5.18 Å². The molecule has 9 nitrogen and oxygen atoms in total. The molecule has 0 aliphatic carbocycles. The number of hydrogen-bond donors (Lipinski definition) is 2. The second-order valence-electron chi connectivity index (χ2n) is 8.68. The zero-order valence-corrected chi connectivity index (χ0v) is 18.7. The van der Waals surface area contributed by atoms with Crippen molar-refractivity contribution in [2.75, 3.05) is 19.8 Å². The minimum atomic E-state index is -0.682. The molecule has 2 aliphatic heterocycles. The van der Waals surface area contributed by atoms with E-state index in [1.807, 2.05) is 17.2 Å². The molecule has 2 atom stereocenters. The molecule has 0 saturated carbocycles. The number of phenolic OH excluding ortho intramolecular Hbond substituents is 1. The molecular formula is C24H29N3O6. The first-order valence-electron chi connectivity index (χ1n) is 11.4. The third-order valence-corrected chi connectivity index (χ3v) is 6.61. The fraction of sp³-hybridized carbons (Fsp3) is 0.500. The van der Waals surface area contributed by atoms with E-state index >= 15 is 0 Å². The van der Waals surface area contributed by atoms with E-state index in [4.69, 9.17) is 9.84 Å². The number of likely N-dealkylation sites (tertiary alicyclic amines) is 1. The first-order valence-corrected chi connectivity index (χ1v) is 11.4. The van der Waals surface area contributed by atoms with Gasteiger partial charge in [-0.2, -0.15) is 0 Å². The third-order valence-electron chi connectivity index (χ3n) is 6.61. The molecule has 0 radical (unpaired) electrons. The van der Waals surface area contributed by atoms with E-state index in [1.54, 1.807) is 12.1 Å². The molecule has 1 fully saturated rings. The highest BCUT2D eigenvalue weighted by Gasteiger charge is 2.32. The second-order valence-corrected chi connectivity index (χ2v) is 8.68. The summed E-state index contributed by atoms with van der Waals surface area (Å²) in [5.41, 5.74) is 2.93. The molecule has 33 heavy (non-hydrogen) atoms. The molecule has 0 bridgehead atoms. The van der Waals surface area contributed by atoms with Gasteiger partial charge < -0.3 is 19.5 Å². The predicted octanol–water partition coefficient (Wildman–Crippen LogP) is 2.75. The van der Waals surface area contributed by atoms with Crippen molar-refractivity contribution in [3.8, 4) is 22.8 Å². The Bertz CT molecular complexity index is 1110. The Hall–Kier alpha value is -3.04. The number of ether oxygens (including phenoxy) is 1. The minimum absolute atomic E-state index is 0.00972. The summed E-state index contributed by atoms with van der Waals surface area (Å²) < 4.78 is 7.69. The number of nitrogens with zero attached hydrogens (tertiary/aromatic N) is 3. The zero-order chi connectivity index (χ0) is 23.5. The highest BCUT2D eigenvalue weighted by Crippen LogP contribution is 2.41. The van der Waals surface area contributed by atoms with Crippen molar-refractivity contribution in [1.29, 1.82) is 0 Å². The molecule has 0 spiro atoms. The lowest BCUT2D eigenvalue weighted by Crippen LogP contribution is -2.36. The van der Waals surface area contributed by atoms with Gasteiger partial charge in [-0.3, -0.25) is 14.5 Å². The normalized spacial score (nSPS) is 19.7. The molecule has 2 unspecified atom stereocenters. The number of rotatable bonds is 8. The largest absolute Gasteiger partial charge is 0.504 e. The minimum Gasteiger partial charge on any atom is -0.504 e. The van der Waals surface area contributed by atoms with Gasteiger partial charge >= 0.3 is 5.91 Å². The van der Waals surface area contributed by atoms with Crippen molar-refractivity contribution < 1.29 is 19.7 Å². The Kier molecular flexibility index (Phi) is 6.90. The maximum Gasteiger partial charge on any atom is 0.303 e. The Balaban J connectivity index is 1.68. The number of fused-ring (bicyclic) bond motifs is 3. The van der Waals surface area contributed by atoms with E-state index in [0.29, 0.717) is 37.3 Å². The van der Waals surface area contributed by atoms with Gasteiger partial charge in [-0.15, -0.1) is 4.91 Å². The molecule has 4 rings (SSSR count). The average molecular weight is 456 g/mol. The average Bonchev–Trinajstić information content (AvgIpc) is 3.27. The topological polar surface area (TPSA) is 121 Å². The molecule has 2 aliphatic rings. The highest BCUT2D eigenvalue weighted by atomic mass is 16.5. The van der Waals surface area contributed by atoms with Crippen molar-refractivity contribution >= 4 is 5.91 Å². The van der Waals surface area contributed by atoms with E-state index < -0.39 is 11.9 Å². The summed E-state index contributed by atoms with van der Waals surface area (Å²) in [4.78, 5) is 37.5. The molecule has 1 aromatic carbocycles. The molecule has 1 saturated heterocycles. The molecule has 9 heteroatoms. The van der Waals surface area contributed by atoms with E-state index in [1.165, 1.54) is 0 Å². The van der Waals surface area contributed by atoms with Gasteiger partial charge in [0.1, 0.15) is 0 Å². The first-order chi connectivity index (χ1) is 16.0. The van der Waals surface area contributed by atoms with E-state index in [-0.39, 0.29) is 30.4 Å². The van der Waals surface area contributed by atoms with Crippen LogP contribution in [0.15, 0.2) is 34.4 Å². The molecule has 2 aromatic rings. The number of carbonyl (C=O) groups is 1. The van der Waals surface area contributed by atoms with Crippen LogP contribution in [0.2, 0.25) is 0 Å². The molecule has 176 valence electrons. The van der Waals surface area contributed by atoms with Gasteiger partial charge in [0.05, 0.1) is 18.3 Å². The Morgan fingerprint density at radius 3 is 2.85 bits per heavy atom. The summed E-state index contributed by atoms with van der Waals surface area (Å²) in [7, 11) is 0. The lowest BCUT2D eigenvalue weighted by molar-refractivity contribution is -0.122. The number of aromatic nitrogens is 1. The van der Waals surface area contributed by atoms with Crippen LogP contribution in [-0.4, -0.2) is 51.4 Å². The van der Waals surface area contributed by atoms with Gasteiger partial charge in [0.25, 0.3) is 0 Å². The van der Waals surface area contributed by atoms with Crippen LogP contribution in [0.5, 0.6) is 11.5 Å². The van der Waals surface area contributed by atoms with Crippen molar-refractivity contribution in [3.63, 3.8) is 0 Å². The first kappa shape index (κ1) is 23.1. The van der Waals surface area contributed by atoms with Gasteiger partial charge in [-0.1, -0.05) is 6.92 Å². The van der Waals surface area contributed by atoms with Gasteiger partial charge in [0.15, 0.2) is 16.9 Å². The summed E-state index contributed by atoms with van der Waals surface area (Å²) in [6.45, 7) is 3.33. The maximum absolute atomic E-state index is 13.0. The van der Waals surface area contributed by atoms with E-state index in [0.717, 1.165) is 36.1 Å². The van der Waals surface area contributed by atoms with Crippen molar-refractivity contribution in [1.82, 2.24) is 9.47 Å². The zero-order valence-electron chi connectivity index (χ0n) is 18.7. The number of phenols is 1. The quantitative estimate of drug-likeness (QED) is 0.464. The number of pyridine rings is 1. The van der Waals surface area contributed by atoms with Gasteiger partial charge in [-0.25, -0.2) is 0 Å². The summed E-state index contributed by atoms with van der Waals surface area (Å²) in [5, 5.41) is 22.0. The van der Waals surface area contributed by atoms with Crippen molar-refractivity contribution in [2.45, 2.75) is 57.7 Å². The van der Waals surface area contributed by atoms with Crippen LogP contribution in [0.3, 0.4) is 0 Å². The number of aromatic hydroxyl groups is 1. The monoisotopic (exact) mass is 455 g/mol. The Morgan fingerprint density at radius 2 is 2.12 bits per heavy atom. The predicted molar refractivity (Wildman–Crippen MR) is 122 cm³/mol. The van der Waals surface area contributed by atoms with Gasteiger partial charge in [0.2, 0.25) is 0 Å². The maximum atomic E-state index is 13.0. The summed E-state index contributed by atoms with van der Waals surface area (Å²) in [6.07, 6.45) is 5.25. The number of aliphatic hydroxyl groups is 1. The molecule has 3 heterocycles. The summed E-state index contributed by atoms with van der Waals surface area (Å²) in [5.74, 6) is -0.319. The molecule has 1 amide bonds. The summed E-state index contributed by atoms with van der Waals surface area (Å²) >= 11 is 0. The fourth-order valence-corrected chi connectivity index (χ4v) is 4.88. The number of hydrogen-bond acceptors (Lipinski definition) is 7. The highest BCUT2D eigenvalue weighted by molar-refractivity contribution is 5.82. The second kappa shape index (κ2) is 9.84. The number of amides is 1. The molecule has 1 aromatic heterocycles. The van der Waals surface area contributed by atoms with Crippen LogP contribution in [0.1, 0.15) is 49.8 Å². The molecular weight excluding hydrogens is 426 g/mol. The lowest BCUT2D eigenvalue weighted by atomic mass is 9.90. The van der Waals surface area contributed by atoms with Crippen LogP contribution >= 0.6 is 0 Å². The van der Waals surface area contributed by atoms with Crippen LogP contribution in [0, 0.1) is 4.91 Å².